The summed E-state index contributed by atoms with van der Waals surface area (Å²) in [5.41, 5.74) is -0.830. The number of carboxylic acid groups (broad SMARTS) is 1. The van der Waals surface area contributed by atoms with Gasteiger partial charge in [-0.15, -0.1) is 0 Å². The molecule has 0 aliphatic carbocycles. The second-order valence-electron chi connectivity index (χ2n) is 9.50. The number of anilines is 1. The van der Waals surface area contributed by atoms with Gasteiger partial charge in [0.2, 0.25) is 5.91 Å². The van der Waals surface area contributed by atoms with Gasteiger partial charge in [-0.05, 0) is 85.1 Å². The maximum Gasteiger partial charge on any atom is 0.408 e. The molecule has 1 aromatic carbocycles. The van der Waals surface area contributed by atoms with Gasteiger partial charge in [-0.2, -0.15) is 0 Å². The van der Waals surface area contributed by atoms with Gasteiger partial charge in [-0.25, -0.2) is 14.4 Å². The molecule has 0 aliphatic rings. The Hall–Kier alpha value is -3.30. The Bertz CT molecular complexity index is 824. The third-order valence-corrected chi connectivity index (χ3v) is 3.99. The highest BCUT2D eigenvalue weighted by Crippen LogP contribution is 2.13. The minimum absolute atomic E-state index is 0.0916. The molecule has 184 valence electrons. The number of carbonyl (C=O) groups excluding carboxylic acids is 3. The normalized spacial score (nSPS) is 12.3. The molecule has 0 saturated carbocycles. The van der Waals surface area contributed by atoms with E-state index < -0.39 is 41.3 Å². The first kappa shape index (κ1) is 27.7. The van der Waals surface area contributed by atoms with Crippen LogP contribution in [0.15, 0.2) is 24.3 Å². The molecule has 1 atom stereocenters. The van der Waals surface area contributed by atoms with Gasteiger partial charge in [0.1, 0.15) is 17.2 Å². The molecule has 4 N–H and O–H groups in total. The van der Waals surface area contributed by atoms with Gasteiger partial charge >= 0.3 is 18.2 Å². The smallest absolute Gasteiger partial charge is 0.408 e. The number of hydrogen-bond acceptors (Lipinski definition) is 6. The number of rotatable bonds is 9. The average Bonchev–Trinajstić information content (AvgIpc) is 2.64. The Morgan fingerprint density at radius 3 is 1.94 bits per heavy atom. The zero-order valence-electron chi connectivity index (χ0n) is 20.1. The molecule has 0 heterocycles. The van der Waals surface area contributed by atoms with Crippen molar-refractivity contribution >= 4 is 29.8 Å². The molecular formula is C23H35N3O7. The first-order chi connectivity index (χ1) is 15.2. The molecule has 0 fully saturated rings. The number of nitrogens with one attached hydrogen (secondary N) is 3. The van der Waals surface area contributed by atoms with E-state index in [-0.39, 0.29) is 5.56 Å². The van der Waals surface area contributed by atoms with Crippen LogP contribution in [-0.4, -0.2) is 53.0 Å². The largest absolute Gasteiger partial charge is 0.478 e. The minimum atomic E-state index is -1.07. The summed E-state index contributed by atoms with van der Waals surface area (Å²) in [6.07, 6.45) is 0.145. The number of carbonyl (C=O) groups is 4. The van der Waals surface area contributed by atoms with E-state index in [0.29, 0.717) is 31.5 Å². The Kier molecular flexibility index (Phi) is 10.2. The van der Waals surface area contributed by atoms with Gasteiger partial charge in [-0.1, -0.05) is 0 Å². The molecule has 1 unspecified atom stereocenters. The zero-order chi connectivity index (χ0) is 25.2. The first-order valence-electron chi connectivity index (χ1n) is 10.8. The summed E-state index contributed by atoms with van der Waals surface area (Å²) in [5.74, 6) is -1.54. The highest BCUT2D eigenvalue weighted by atomic mass is 16.6. The number of unbranched alkanes of at least 4 members (excludes halogenated alkanes) is 1. The van der Waals surface area contributed by atoms with Crippen molar-refractivity contribution in [3.63, 3.8) is 0 Å². The van der Waals surface area contributed by atoms with Crippen molar-refractivity contribution < 1.29 is 33.8 Å². The Morgan fingerprint density at radius 2 is 1.42 bits per heavy atom. The number of alkyl carbamates (subject to hydrolysis) is 2. The number of amides is 3. The topological polar surface area (TPSA) is 143 Å². The van der Waals surface area contributed by atoms with Gasteiger partial charge in [0, 0.05) is 12.2 Å². The van der Waals surface area contributed by atoms with Crippen LogP contribution in [0.1, 0.15) is 71.2 Å². The van der Waals surface area contributed by atoms with Crippen LogP contribution in [0.3, 0.4) is 0 Å². The fraction of sp³-hybridized carbons (Fsp3) is 0.565. The van der Waals surface area contributed by atoms with Crippen molar-refractivity contribution in [2.75, 3.05) is 11.9 Å². The first-order valence-corrected chi connectivity index (χ1v) is 10.8. The summed E-state index contributed by atoms with van der Waals surface area (Å²) in [7, 11) is 0. The number of aromatic carboxylic acids is 1. The average molecular weight is 466 g/mol. The fourth-order valence-corrected chi connectivity index (χ4v) is 2.62. The summed E-state index contributed by atoms with van der Waals surface area (Å²) in [4.78, 5) is 47.7. The third kappa shape index (κ3) is 12.4. The second-order valence-corrected chi connectivity index (χ2v) is 9.50. The highest BCUT2D eigenvalue weighted by molar-refractivity contribution is 5.97. The number of ether oxygens (including phenoxy) is 2. The van der Waals surface area contributed by atoms with E-state index in [1.807, 2.05) is 0 Å². The molecule has 1 aromatic rings. The quantitative estimate of drug-likeness (QED) is 0.405. The van der Waals surface area contributed by atoms with E-state index in [0.717, 1.165) is 0 Å². The number of carboxylic acids is 1. The van der Waals surface area contributed by atoms with Crippen LogP contribution in [0, 0.1) is 0 Å². The Labute approximate surface area is 194 Å². The molecule has 0 bridgehead atoms. The molecule has 3 amide bonds. The minimum Gasteiger partial charge on any atom is -0.478 e. The van der Waals surface area contributed by atoms with Crippen molar-refractivity contribution in [1.29, 1.82) is 0 Å². The molecule has 10 nitrogen and oxygen atoms in total. The SMILES string of the molecule is CC(C)(C)OC(=O)NCCCCC(NC(=O)OC(C)(C)C)C(=O)Nc1ccc(C(=O)O)cc1. The fourth-order valence-electron chi connectivity index (χ4n) is 2.62. The second kappa shape index (κ2) is 12.1. The van der Waals surface area contributed by atoms with Crippen LogP contribution < -0.4 is 16.0 Å². The van der Waals surface area contributed by atoms with Crippen LogP contribution in [0.25, 0.3) is 0 Å². The van der Waals surface area contributed by atoms with E-state index in [9.17, 15) is 19.2 Å². The van der Waals surface area contributed by atoms with E-state index >= 15 is 0 Å². The highest BCUT2D eigenvalue weighted by Gasteiger charge is 2.24. The molecule has 0 radical (unpaired) electrons. The molecule has 0 spiro atoms. The lowest BCUT2D eigenvalue weighted by Crippen LogP contribution is -2.45. The van der Waals surface area contributed by atoms with Gasteiger partial charge in [0.15, 0.2) is 0 Å². The molecule has 0 aromatic heterocycles. The van der Waals surface area contributed by atoms with Crippen molar-refractivity contribution in [3.8, 4) is 0 Å². The molecule has 1 rings (SSSR count). The molecule has 0 aliphatic heterocycles. The van der Waals surface area contributed by atoms with Crippen LogP contribution in [-0.2, 0) is 14.3 Å². The molecular weight excluding hydrogens is 430 g/mol. The third-order valence-electron chi connectivity index (χ3n) is 3.99. The Balaban J connectivity index is 2.68. The number of hydrogen-bond donors (Lipinski definition) is 4. The van der Waals surface area contributed by atoms with Crippen LogP contribution in [0.2, 0.25) is 0 Å². The molecule has 0 saturated heterocycles. The van der Waals surface area contributed by atoms with Gasteiger partial charge < -0.3 is 30.5 Å². The van der Waals surface area contributed by atoms with Crippen LogP contribution in [0.4, 0.5) is 15.3 Å². The standard InChI is InChI=1S/C23H35N3O7/c1-22(2,3)32-20(30)24-14-8-7-9-17(26-21(31)33-23(4,5)6)18(27)25-16-12-10-15(11-13-16)19(28)29/h10-13,17H,7-9,14H2,1-6H3,(H,24,30)(H,25,27)(H,26,31)(H,28,29). The summed E-state index contributed by atoms with van der Waals surface area (Å²) in [5, 5.41) is 16.9. The number of benzene rings is 1. The van der Waals surface area contributed by atoms with Crippen molar-refractivity contribution in [1.82, 2.24) is 10.6 Å². The lowest BCUT2D eigenvalue weighted by molar-refractivity contribution is -0.118. The van der Waals surface area contributed by atoms with E-state index in [4.69, 9.17) is 14.6 Å². The van der Waals surface area contributed by atoms with Gasteiger partial charge in [-0.3, -0.25) is 4.79 Å². The van der Waals surface area contributed by atoms with Gasteiger partial charge in [0.05, 0.1) is 5.56 Å². The summed E-state index contributed by atoms with van der Waals surface area (Å²) < 4.78 is 10.4. The van der Waals surface area contributed by atoms with E-state index in [1.54, 1.807) is 41.5 Å². The Morgan fingerprint density at radius 1 is 0.879 bits per heavy atom. The summed E-state index contributed by atoms with van der Waals surface area (Å²) in [6.45, 7) is 10.8. The van der Waals surface area contributed by atoms with Crippen LogP contribution in [0.5, 0.6) is 0 Å². The summed E-state index contributed by atoms with van der Waals surface area (Å²) in [6, 6.07) is 4.79. The van der Waals surface area contributed by atoms with Crippen molar-refractivity contribution in [2.24, 2.45) is 0 Å². The maximum absolute atomic E-state index is 12.8. The lowest BCUT2D eigenvalue weighted by atomic mass is 10.1. The monoisotopic (exact) mass is 465 g/mol. The van der Waals surface area contributed by atoms with Gasteiger partial charge in [0.25, 0.3) is 0 Å². The maximum atomic E-state index is 12.8. The van der Waals surface area contributed by atoms with Crippen molar-refractivity contribution in [3.05, 3.63) is 29.8 Å². The predicted molar refractivity (Wildman–Crippen MR) is 123 cm³/mol. The lowest BCUT2D eigenvalue weighted by Gasteiger charge is -2.23. The van der Waals surface area contributed by atoms with E-state index in [1.165, 1.54) is 24.3 Å². The predicted octanol–water partition coefficient (Wildman–Crippen LogP) is 3.91. The van der Waals surface area contributed by atoms with E-state index in [2.05, 4.69) is 16.0 Å². The molecule has 33 heavy (non-hydrogen) atoms. The van der Waals surface area contributed by atoms with Crippen molar-refractivity contribution in [2.45, 2.75) is 78.0 Å². The summed E-state index contributed by atoms with van der Waals surface area (Å²) >= 11 is 0. The van der Waals surface area contributed by atoms with Crippen LogP contribution >= 0.6 is 0 Å². The zero-order valence-corrected chi connectivity index (χ0v) is 20.1. The molecule has 10 heteroatoms.